The van der Waals surface area contributed by atoms with Crippen molar-refractivity contribution in [2.75, 3.05) is 0 Å². The minimum Gasteiger partial charge on any atom is -0.207 e. The highest BCUT2D eigenvalue weighted by atomic mass is 19.2. The van der Waals surface area contributed by atoms with Crippen LogP contribution in [0.2, 0.25) is 0 Å². The van der Waals surface area contributed by atoms with Crippen molar-refractivity contribution in [1.29, 1.82) is 0 Å². The molecule has 0 aromatic heterocycles. The first-order valence-corrected chi connectivity index (χ1v) is 15.0. The summed E-state index contributed by atoms with van der Waals surface area (Å²) >= 11 is 0. The van der Waals surface area contributed by atoms with Crippen LogP contribution in [-0.4, -0.2) is 0 Å². The van der Waals surface area contributed by atoms with E-state index in [1.54, 1.807) is 30.3 Å². The maximum atomic E-state index is 15.3. The average Bonchev–Trinajstić information content (AvgIpc) is 2.97. The molecular weight excluding hydrogens is 489 g/mol. The highest BCUT2D eigenvalue weighted by molar-refractivity contribution is 5.71. The quantitative estimate of drug-likeness (QED) is 0.267. The largest absolute Gasteiger partial charge is 0.207 e. The fourth-order valence-electron chi connectivity index (χ4n) is 7.14. The summed E-state index contributed by atoms with van der Waals surface area (Å²) in [6.07, 6.45) is 15.8. The lowest BCUT2D eigenvalue weighted by molar-refractivity contribution is 0.171. The van der Waals surface area contributed by atoms with Crippen LogP contribution in [0, 0.1) is 35.2 Å². The van der Waals surface area contributed by atoms with Gasteiger partial charge < -0.3 is 0 Å². The van der Waals surface area contributed by atoms with Crippen LogP contribution in [-0.2, 0) is 6.42 Å². The molecule has 2 saturated carbocycles. The van der Waals surface area contributed by atoms with Gasteiger partial charge in [-0.2, -0.15) is 0 Å². The molecule has 2 aliphatic carbocycles. The first-order chi connectivity index (χ1) is 19.0. The zero-order valence-corrected chi connectivity index (χ0v) is 23.4. The summed E-state index contributed by atoms with van der Waals surface area (Å²) in [4.78, 5) is 0. The van der Waals surface area contributed by atoms with Crippen LogP contribution in [0.1, 0.15) is 88.7 Å². The third-order valence-corrected chi connectivity index (χ3v) is 9.37. The Labute approximate surface area is 232 Å². The smallest absolute Gasteiger partial charge is 0.166 e. The Balaban J connectivity index is 1.22. The van der Waals surface area contributed by atoms with E-state index < -0.39 is 11.6 Å². The van der Waals surface area contributed by atoms with Gasteiger partial charge in [0.2, 0.25) is 0 Å². The highest BCUT2D eigenvalue weighted by Crippen LogP contribution is 2.45. The molecule has 2 aliphatic rings. The van der Waals surface area contributed by atoms with Crippen molar-refractivity contribution in [2.24, 2.45) is 17.8 Å². The molecule has 0 unspecified atom stereocenters. The molecule has 0 spiro atoms. The molecule has 0 aliphatic heterocycles. The number of benzene rings is 3. The van der Waals surface area contributed by atoms with E-state index in [-0.39, 0.29) is 11.4 Å². The molecule has 39 heavy (non-hydrogen) atoms. The highest BCUT2D eigenvalue weighted by Gasteiger charge is 2.31. The number of halogens is 3. The van der Waals surface area contributed by atoms with Crippen LogP contribution in [0.15, 0.2) is 66.7 Å². The lowest BCUT2D eigenvalue weighted by atomic mass is 9.68. The molecule has 0 N–H and O–H groups in total. The summed E-state index contributed by atoms with van der Waals surface area (Å²) in [5.41, 5.74) is 3.79. The van der Waals surface area contributed by atoms with Crippen LogP contribution in [0.25, 0.3) is 22.3 Å². The fourth-order valence-corrected chi connectivity index (χ4v) is 7.14. The van der Waals surface area contributed by atoms with E-state index in [4.69, 9.17) is 0 Å². The molecule has 0 saturated heterocycles. The van der Waals surface area contributed by atoms with Crippen molar-refractivity contribution >= 4 is 0 Å². The second kappa shape index (κ2) is 12.6. The number of hydrogen-bond donors (Lipinski definition) is 0. The van der Waals surface area contributed by atoms with E-state index in [0.717, 1.165) is 53.7 Å². The van der Waals surface area contributed by atoms with Crippen molar-refractivity contribution < 1.29 is 13.2 Å². The lowest BCUT2D eigenvalue weighted by Gasteiger charge is -2.37. The molecule has 0 amide bonds. The average molecular weight is 531 g/mol. The van der Waals surface area contributed by atoms with Crippen LogP contribution in [0.3, 0.4) is 0 Å². The molecule has 206 valence electrons. The van der Waals surface area contributed by atoms with Gasteiger partial charge in [-0.05, 0) is 122 Å². The number of rotatable bonds is 7. The molecule has 0 nitrogen and oxygen atoms in total. The maximum absolute atomic E-state index is 15.3. The Bertz CT molecular complexity index is 1270. The topological polar surface area (TPSA) is 0 Å². The monoisotopic (exact) mass is 530 g/mol. The Morgan fingerprint density at radius 3 is 1.92 bits per heavy atom. The van der Waals surface area contributed by atoms with Gasteiger partial charge in [-0.1, -0.05) is 74.0 Å². The van der Waals surface area contributed by atoms with Crippen LogP contribution in [0.4, 0.5) is 13.2 Å². The Hall–Kier alpha value is -2.81. The fraction of sp³-hybridized carbons (Fsp3) is 0.444. The summed E-state index contributed by atoms with van der Waals surface area (Å²) in [7, 11) is 0. The van der Waals surface area contributed by atoms with E-state index in [2.05, 4.69) is 19.1 Å². The molecule has 3 heteroatoms. The number of hydrogen-bond acceptors (Lipinski definition) is 0. The molecule has 0 atom stereocenters. The van der Waals surface area contributed by atoms with Gasteiger partial charge in [0.05, 0.1) is 0 Å². The lowest BCUT2D eigenvalue weighted by Crippen LogP contribution is -2.25. The second-order valence-corrected chi connectivity index (χ2v) is 11.8. The molecule has 3 aromatic carbocycles. The Morgan fingerprint density at radius 2 is 1.31 bits per heavy atom. The summed E-state index contributed by atoms with van der Waals surface area (Å²) in [5.74, 6) is 1.02. The molecule has 0 radical (unpaired) electrons. The predicted molar refractivity (Wildman–Crippen MR) is 156 cm³/mol. The Kier molecular flexibility index (Phi) is 8.95. The zero-order valence-electron chi connectivity index (χ0n) is 23.4. The van der Waals surface area contributed by atoms with Gasteiger partial charge in [-0.3, -0.25) is 0 Å². The SMILES string of the molecule is C/C=C/C1CCC(C2CCC(c3ccc(-c4ccc(-c5ccc(CCC)c(F)c5F)cc4)cc3F)CC2)CC1. The summed E-state index contributed by atoms with van der Waals surface area (Å²) in [6.45, 7) is 4.07. The third kappa shape index (κ3) is 6.18. The summed E-state index contributed by atoms with van der Waals surface area (Å²) in [6, 6.07) is 16.2. The first-order valence-electron chi connectivity index (χ1n) is 15.0. The van der Waals surface area contributed by atoms with E-state index in [9.17, 15) is 8.78 Å². The van der Waals surface area contributed by atoms with Gasteiger partial charge >= 0.3 is 0 Å². The first kappa shape index (κ1) is 27.7. The molecule has 5 rings (SSSR count). The standard InChI is InChI=1S/C36H41F3/c1-3-5-24-7-9-25(10-8-24)26-11-15-28(16-12-26)32-21-20-31(23-34(32)37)27-13-17-29(18-14-27)33-22-19-30(6-4-2)35(38)36(33)39/h3,5,13-14,17-26,28H,4,6-12,15-16H2,1-2H3/b5-3+. The van der Waals surface area contributed by atoms with Crippen LogP contribution in [0.5, 0.6) is 0 Å². The van der Waals surface area contributed by atoms with E-state index in [1.807, 2.05) is 31.2 Å². The van der Waals surface area contributed by atoms with Gasteiger partial charge in [0.15, 0.2) is 11.6 Å². The number of aryl methyl sites for hydroxylation is 1. The molecule has 0 bridgehead atoms. The van der Waals surface area contributed by atoms with E-state index >= 15 is 4.39 Å². The summed E-state index contributed by atoms with van der Waals surface area (Å²) in [5, 5.41) is 0. The van der Waals surface area contributed by atoms with Gasteiger partial charge in [-0.25, -0.2) is 13.2 Å². The molecule has 3 aromatic rings. The van der Waals surface area contributed by atoms with E-state index in [0.29, 0.717) is 23.5 Å². The van der Waals surface area contributed by atoms with Crippen molar-refractivity contribution in [3.05, 3.63) is 95.3 Å². The second-order valence-electron chi connectivity index (χ2n) is 11.8. The zero-order chi connectivity index (χ0) is 27.4. The van der Waals surface area contributed by atoms with Crippen molar-refractivity contribution in [1.82, 2.24) is 0 Å². The normalized spacial score (nSPS) is 23.8. The van der Waals surface area contributed by atoms with Crippen LogP contribution >= 0.6 is 0 Å². The van der Waals surface area contributed by atoms with Gasteiger partial charge in [0.25, 0.3) is 0 Å². The maximum Gasteiger partial charge on any atom is 0.166 e. The molecule has 0 heterocycles. The van der Waals surface area contributed by atoms with Gasteiger partial charge in [0, 0.05) is 5.56 Å². The van der Waals surface area contributed by atoms with Crippen molar-refractivity contribution in [3.8, 4) is 22.3 Å². The van der Waals surface area contributed by atoms with Crippen molar-refractivity contribution in [2.45, 2.75) is 84.0 Å². The molecular formula is C36H41F3. The number of allylic oxidation sites excluding steroid dienone is 2. The predicted octanol–water partition coefficient (Wildman–Crippen LogP) is 11.0. The van der Waals surface area contributed by atoms with Gasteiger partial charge in [-0.15, -0.1) is 0 Å². The minimum absolute atomic E-state index is 0.133. The molecule has 2 fully saturated rings. The summed E-state index contributed by atoms with van der Waals surface area (Å²) < 4.78 is 44.5. The Morgan fingerprint density at radius 1 is 0.692 bits per heavy atom. The third-order valence-electron chi connectivity index (χ3n) is 9.37. The van der Waals surface area contributed by atoms with Crippen LogP contribution < -0.4 is 0 Å². The van der Waals surface area contributed by atoms with E-state index in [1.165, 1.54) is 38.5 Å². The van der Waals surface area contributed by atoms with Gasteiger partial charge in [0.1, 0.15) is 5.82 Å². The minimum atomic E-state index is -0.805. The van der Waals surface area contributed by atoms with Crippen molar-refractivity contribution in [3.63, 3.8) is 0 Å².